The first-order valence-electron chi connectivity index (χ1n) is 6.81. The van der Waals surface area contributed by atoms with Gasteiger partial charge in [0, 0.05) is 6.04 Å². The molecule has 2 unspecified atom stereocenters. The highest BCUT2D eigenvalue weighted by atomic mass is 16.3. The van der Waals surface area contributed by atoms with E-state index < -0.39 is 0 Å². The third-order valence-electron chi connectivity index (χ3n) is 4.15. The lowest BCUT2D eigenvalue weighted by molar-refractivity contribution is 0.153. The first kappa shape index (κ1) is 12.7. The van der Waals surface area contributed by atoms with Crippen LogP contribution >= 0.6 is 0 Å². The molecule has 1 N–H and O–H groups in total. The lowest BCUT2D eigenvalue weighted by Crippen LogP contribution is -2.45. The van der Waals surface area contributed by atoms with Gasteiger partial charge in [-0.1, -0.05) is 26.7 Å². The highest BCUT2D eigenvalue weighted by Crippen LogP contribution is 2.36. The molecular weight excluding hydrogens is 210 g/mol. The van der Waals surface area contributed by atoms with Gasteiger partial charge in [-0.2, -0.15) is 0 Å². The summed E-state index contributed by atoms with van der Waals surface area (Å²) in [6.07, 6.45) is 5.34. The van der Waals surface area contributed by atoms with Crippen molar-refractivity contribution in [2.45, 2.75) is 65.5 Å². The maximum absolute atomic E-state index is 5.69. The summed E-state index contributed by atoms with van der Waals surface area (Å²) < 4.78 is 5.69. The zero-order chi connectivity index (χ0) is 12.5. The molecule has 0 aliphatic heterocycles. The van der Waals surface area contributed by atoms with E-state index in [1.165, 1.54) is 25.7 Å². The van der Waals surface area contributed by atoms with E-state index in [9.17, 15) is 0 Å². The van der Waals surface area contributed by atoms with Crippen LogP contribution in [0, 0.1) is 12.3 Å². The fourth-order valence-electron chi connectivity index (χ4n) is 2.87. The molecule has 1 heterocycles. The van der Waals surface area contributed by atoms with E-state index in [1.807, 2.05) is 13.0 Å². The van der Waals surface area contributed by atoms with Gasteiger partial charge in [0.15, 0.2) is 0 Å². The molecule has 1 fully saturated rings. The van der Waals surface area contributed by atoms with E-state index in [-0.39, 0.29) is 0 Å². The average molecular weight is 235 g/mol. The quantitative estimate of drug-likeness (QED) is 0.849. The summed E-state index contributed by atoms with van der Waals surface area (Å²) in [7, 11) is 0. The Labute approximate surface area is 105 Å². The van der Waals surface area contributed by atoms with Gasteiger partial charge >= 0.3 is 0 Å². The lowest BCUT2D eigenvalue weighted by Gasteiger charge is -2.40. The molecule has 17 heavy (non-hydrogen) atoms. The van der Waals surface area contributed by atoms with Gasteiger partial charge in [-0.25, -0.2) is 0 Å². The fourth-order valence-corrected chi connectivity index (χ4v) is 2.87. The van der Waals surface area contributed by atoms with Crippen molar-refractivity contribution in [2.24, 2.45) is 5.41 Å². The molecule has 0 aromatic carbocycles. The molecule has 0 saturated heterocycles. The first-order valence-corrected chi connectivity index (χ1v) is 6.81. The van der Waals surface area contributed by atoms with E-state index in [1.54, 1.807) is 0 Å². The zero-order valence-electron chi connectivity index (χ0n) is 11.5. The van der Waals surface area contributed by atoms with Gasteiger partial charge in [0.2, 0.25) is 0 Å². The largest absolute Gasteiger partial charge is 0.465 e. The van der Waals surface area contributed by atoms with E-state index in [2.05, 4.69) is 32.2 Å². The number of hydrogen-bond acceptors (Lipinski definition) is 2. The minimum absolute atomic E-state index is 0.311. The minimum atomic E-state index is 0.311. The summed E-state index contributed by atoms with van der Waals surface area (Å²) >= 11 is 0. The third-order valence-corrected chi connectivity index (χ3v) is 4.15. The van der Waals surface area contributed by atoms with Gasteiger partial charge in [0.25, 0.3) is 0 Å². The second-order valence-electron chi connectivity index (χ2n) is 6.12. The second kappa shape index (κ2) is 4.85. The molecule has 2 atom stereocenters. The Morgan fingerprint density at radius 3 is 2.71 bits per heavy atom. The van der Waals surface area contributed by atoms with E-state index in [0.29, 0.717) is 17.5 Å². The van der Waals surface area contributed by atoms with Crippen LogP contribution in [0.2, 0.25) is 0 Å². The summed E-state index contributed by atoms with van der Waals surface area (Å²) in [6, 6.07) is 5.05. The molecule has 2 heteroatoms. The maximum atomic E-state index is 5.69. The Kier molecular flexibility index (Phi) is 3.62. The monoisotopic (exact) mass is 235 g/mol. The molecule has 1 aromatic heterocycles. The Bertz CT molecular complexity index is 367. The molecule has 1 aliphatic carbocycles. The predicted octanol–water partition coefficient (Wildman–Crippen LogP) is 4.21. The molecule has 0 bridgehead atoms. The number of nitrogens with one attached hydrogen (secondary N) is 1. The molecule has 1 aliphatic rings. The van der Waals surface area contributed by atoms with Crippen LogP contribution in [-0.4, -0.2) is 6.04 Å². The summed E-state index contributed by atoms with van der Waals surface area (Å²) in [5.74, 6) is 2.06. The zero-order valence-corrected chi connectivity index (χ0v) is 11.5. The molecule has 1 aromatic rings. The SMILES string of the molecule is Cc1ccc(C(C)NC2CCCCC2(C)C)o1. The van der Waals surface area contributed by atoms with Crippen LogP contribution < -0.4 is 5.32 Å². The van der Waals surface area contributed by atoms with Crippen molar-refractivity contribution in [3.63, 3.8) is 0 Å². The van der Waals surface area contributed by atoms with Crippen molar-refractivity contribution in [3.8, 4) is 0 Å². The van der Waals surface area contributed by atoms with E-state index in [0.717, 1.165) is 11.5 Å². The molecule has 2 nitrogen and oxygen atoms in total. The molecule has 1 saturated carbocycles. The van der Waals surface area contributed by atoms with Crippen LogP contribution in [0.4, 0.5) is 0 Å². The molecule has 0 radical (unpaired) electrons. The average Bonchev–Trinajstić information content (AvgIpc) is 2.68. The second-order valence-corrected chi connectivity index (χ2v) is 6.12. The minimum Gasteiger partial charge on any atom is -0.465 e. The predicted molar refractivity (Wildman–Crippen MR) is 71.0 cm³/mol. The van der Waals surface area contributed by atoms with E-state index in [4.69, 9.17) is 4.42 Å². The molecule has 2 rings (SSSR count). The number of furan rings is 1. The van der Waals surface area contributed by atoms with Crippen molar-refractivity contribution in [2.75, 3.05) is 0 Å². The standard InChI is InChI=1S/C15H25NO/c1-11-8-9-13(17-11)12(2)16-14-7-5-6-10-15(14,3)4/h8-9,12,14,16H,5-7,10H2,1-4H3. The van der Waals surface area contributed by atoms with Gasteiger partial charge in [-0.05, 0) is 44.2 Å². The normalized spacial score (nSPS) is 25.8. The van der Waals surface area contributed by atoms with Gasteiger partial charge in [0.1, 0.15) is 11.5 Å². The molecular formula is C15H25NO. The van der Waals surface area contributed by atoms with Crippen LogP contribution in [-0.2, 0) is 0 Å². The van der Waals surface area contributed by atoms with Crippen molar-refractivity contribution >= 4 is 0 Å². The van der Waals surface area contributed by atoms with Crippen LogP contribution in [0.3, 0.4) is 0 Å². The van der Waals surface area contributed by atoms with Crippen molar-refractivity contribution in [3.05, 3.63) is 23.7 Å². The molecule has 0 spiro atoms. The summed E-state index contributed by atoms with van der Waals surface area (Å²) in [6.45, 7) is 8.96. The maximum Gasteiger partial charge on any atom is 0.120 e. The van der Waals surface area contributed by atoms with E-state index >= 15 is 0 Å². The van der Waals surface area contributed by atoms with Crippen LogP contribution in [0.15, 0.2) is 16.5 Å². The Morgan fingerprint density at radius 1 is 1.35 bits per heavy atom. The Morgan fingerprint density at radius 2 is 2.12 bits per heavy atom. The van der Waals surface area contributed by atoms with Crippen molar-refractivity contribution in [1.82, 2.24) is 5.32 Å². The summed E-state index contributed by atoms with van der Waals surface area (Å²) in [5.41, 5.74) is 0.411. The van der Waals surface area contributed by atoms with Gasteiger partial charge in [-0.15, -0.1) is 0 Å². The first-order chi connectivity index (χ1) is 7.99. The summed E-state index contributed by atoms with van der Waals surface area (Å²) in [4.78, 5) is 0. The highest BCUT2D eigenvalue weighted by Gasteiger charge is 2.33. The number of hydrogen-bond donors (Lipinski definition) is 1. The fraction of sp³-hybridized carbons (Fsp3) is 0.733. The van der Waals surface area contributed by atoms with Gasteiger partial charge < -0.3 is 9.73 Å². The number of aryl methyl sites for hydroxylation is 1. The Balaban J connectivity index is 2.00. The smallest absolute Gasteiger partial charge is 0.120 e. The molecule has 96 valence electrons. The van der Waals surface area contributed by atoms with Gasteiger partial charge in [0.05, 0.1) is 6.04 Å². The van der Waals surface area contributed by atoms with Gasteiger partial charge in [-0.3, -0.25) is 0 Å². The number of rotatable bonds is 3. The van der Waals surface area contributed by atoms with Crippen LogP contribution in [0.1, 0.15) is 64.0 Å². The summed E-state index contributed by atoms with van der Waals surface area (Å²) in [5, 5.41) is 3.74. The highest BCUT2D eigenvalue weighted by molar-refractivity contribution is 5.09. The lowest BCUT2D eigenvalue weighted by atomic mass is 9.73. The van der Waals surface area contributed by atoms with Crippen molar-refractivity contribution < 1.29 is 4.42 Å². The molecule has 0 amide bonds. The van der Waals surface area contributed by atoms with Crippen LogP contribution in [0.25, 0.3) is 0 Å². The topological polar surface area (TPSA) is 25.2 Å². The Hall–Kier alpha value is -0.760. The third kappa shape index (κ3) is 2.92. The van der Waals surface area contributed by atoms with Crippen LogP contribution in [0.5, 0.6) is 0 Å². The van der Waals surface area contributed by atoms with Crippen molar-refractivity contribution in [1.29, 1.82) is 0 Å².